The summed E-state index contributed by atoms with van der Waals surface area (Å²) in [6.07, 6.45) is 0. The summed E-state index contributed by atoms with van der Waals surface area (Å²) in [6.45, 7) is 8.23. The first-order valence-electron chi connectivity index (χ1n) is 6.96. The molecule has 0 radical (unpaired) electrons. The number of hydrogen-bond acceptors (Lipinski definition) is 6. The Morgan fingerprint density at radius 2 is 1.76 bits per heavy atom. The van der Waals surface area contributed by atoms with Crippen molar-refractivity contribution in [1.82, 2.24) is 15.0 Å². The Morgan fingerprint density at radius 3 is 2.33 bits per heavy atom. The molecule has 0 saturated heterocycles. The zero-order valence-corrected chi connectivity index (χ0v) is 13.6. The molecule has 114 valence electrons. The van der Waals surface area contributed by atoms with E-state index in [0.29, 0.717) is 18.4 Å². The first kappa shape index (κ1) is 15.6. The Labute approximate surface area is 129 Å². The van der Waals surface area contributed by atoms with Gasteiger partial charge in [0.2, 0.25) is 17.2 Å². The monoisotopic (exact) mass is 309 g/mol. The van der Waals surface area contributed by atoms with Crippen LogP contribution in [0.25, 0.3) is 0 Å². The quantitative estimate of drug-likeness (QED) is 0.817. The van der Waals surface area contributed by atoms with E-state index in [4.69, 9.17) is 16.0 Å². The molecule has 0 aliphatic heterocycles. The fraction of sp³-hybridized carbons (Fsp3) is 0.500. The number of aryl methyl sites for hydroxylation is 1. The van der Waals surface area contributed by atoms with Crippen molar-refractivity contribution in [3.63, 3.8) is 0 Å². The van der Waals surface area contributed by atoms with E-state index in [1.807, 2.05) is 35.9 Å². The number of furan rings is 1. The molecule has 7 heteroatoms. The number of halogens is 1. The highest BCUT2D eigenvalue weighted by atomic mass is 35.5. The Bertz CT molecular complexity index is 597. The smallest absolute Gasteiger partial charge is 0.231 e. The van der Waals surface area contributed by atoms with Gasteiger partial charge in [-0.3, -0.25) is 0 Å². The minimum Gasteiger partial charge on any atom is -0.464 e. The summed E-state index contributed by atoms with van der Waals surface area (Å²) in [5, 5.41) is 0.198. The fourth-order valence-corrected chi connectivity index (χ4v) is 2.17. The molecule has 2 aromatic heterocycles. The van der Waals surface area contributed by atoms with Crippen LogP contribution in [0.3, 0.4) is 0 Å². The maximum Gasteiger partial charge on any atom is 0.231 e. The Balaban J connectivity index is 2.22. The molecule has 2 heterocycles. The van der Waals surface area contributed by atoms with E-state index in [1.54, 1.807) is 0 Å². The van der Waals surface area contributed by atoms with Crippen LogP contribution in [0.4, 0.5) is 11.9 Å². The van der Waals surface area contributed by atoms with Crippen LogP contribution in [0.15, 0.2) is 16.5 Å². The summed E-state index contributed by atoms with van der Waals surface area (Å²) in [5.74, 6) is 2.87. The summed E-state index contributed by atoms with van der Waals surface area (Å²) < 4.78 is 5.57. The molecule has 21 heavy (non-hydrogen) atoms. The topological polar surface area (TPSA) is 58.3 Å². The second-order valence-corrected chi connectivity index (χ2v) is 5.08. The lowest BCUT2D eigenvalue weighted by atomic mass is 10.4. The Hall–Kier alpha value is -1.82. The van der Waals surface area contributed by atoms with Gasteiger partial charge in [-0.15, -0.1) is 0 Å². The van der Waals surface area contributed by atoms with Gasteiger partial charge >= 0.3 is 0 Å². The summed E-state index contributed by atoms with van der Waals surface area (Å²) >= 11 is 6.02. The van der Waals surface area contributed by atoms with Gasteiger partial charge in [0, 0.05) is 20.1 Å². The maximum atomic E-state index is 6.02. The highest BCUT2D eigenvalue weighted by Gasteiger charge is 2.14. The predicted octanol–water partition coefficient (Wildman–Crippen LogP) is 2.91. The Morgan fingerprint density at radius 1 is 1.10 bits per heavy atom. The van der Waals surface area contributed by atoms with Crippen molar-refractivity contribution in [3.8, 4) is 0 Å². The van der Waals surface area contributed by atoms with Crippen LogP contribution in [0, 0.1) is 6.92 Å². The van der Waals surface area contributed by atoms with Crippen molar-refractivity contribution in [3.05, 3.63) is 28.9 Å². The van der Waals surface area contributed by atoms with Gasteiger partial charge in [-0.2, -0.15) is 15.0 Å². The zero-order chi connectivity index (χ0) is 15.4. The average Bonchev–Trinajstić information content (AvgIpc) is 2.85. The molecule has 0 fully saturated rings. The average molecular weight is 310 g/mol. The van der Waals surface area contributed by atoms with Gasteiger partial charge in [0.25, 0.3) is 0 Å². The van der Waals surface area contributed by atoms with Gasteiger partial charge in [-0.1, -0.05) is 0 Å². The normalized spacial score (nSPS) is 10.7. The third-order valence-corrected chi connectivity index (χ3v) is 3.33. The van der Waals surface area contributed by atoms with Crippen LogP contribution < -0.4 is 9.80 Å². The first-order chi connectivity index (χ1) is 10.0. The molecule has 0 bridgehead atoms. The third kappa shape index (κ3) is 3.85. The van der Waals surface area contributed by atoms with E-state index in [-0.39, 0.29) is 5.28 Å². The summed E-state index contributed by atoms with van der Waals surface area (Å²) in [5.41, 5.74) is 0. The molecule has 0 unspecified atom stereocenters. The number of aromatic nitrogens is 3. The van der Waals surface area contributed by atoms with Gasteiger partial charge < -0.3 is 14.2 Å². The number of hydrogen-bond donors (Lipinski definition) is 0. The predicted molar refractivity (Wildman–Crippen MR) is 84.0 cm³/mol. The van der Waals surface area contributed by atoms with Gasteiger partial charge in [-0.05, 0) is 44.5 Å². The SMILES string of the molecule is CCN(CC)c1nc(Cl)nc(N(C)Cc2ccc(C)o2)n1. The van der Waals surface area contributed by atoms with Crippen LogP contribution in [0.1, 0.15) is 25.4 Å². The van der Waals surface area contributed by atoms with E-state index in [2.05, 4.69) is 28.8 Å². The molecule has 0 amide bonds. The van der Waals surface area contributed by atoms with Crippen molar-refractivity contribution in [2.24, 2.45) is 0 Å². The van der Waals surface area contributed by atoms with Crippen molar-refractivity contribution in [2.45, 2.75) is 27.3 Å². The second-order valence-electron chi connectivity index (χ2n) is 4.75. The molecule has 0 saturated carbocycles. The molecular weight excluding hydrogens is 290 g/mol. The Kier molecular flexibility index (Phi) is 5.01. The molecule has 0 aliphatic rings. The number of rotatable bonds is 6. The van der Waals surface area contributed by atoms with Crippen LogP contribution in [-0.2, 0) is 6.54 Å². The van der Waals surface area contributed by atoms with E-state index >= 15 is 0 Å². The van der Waals surface area contributed by atoms with E-state index in [9.17, 15) is 0 Å². The third-order valence-electron chi connectivity index (χ3n) is 3.16. The molecule has 0 spiro atoms. The van der Waals surface area contributed by atoms with E-state index in [1.165, 1.54) is 0 Å². The summed E-state index contributed by atoms with van der Waals surface area (Å²) in [7, 11) is 1.90. The lowest BCUT2D eigenvalue weighted by Crippen LogP contribution is -2.26. The van der Waals surface area contributed by atoms with E-state index < -0.39 is 0 Å². The molecule has 0 N–H and O–H groups in total. The van der Waals surface area contributed by atoms with Crippen LogP contribution in [0.5, 0.6) is 0 Å². The van der Waals surface area contributed by atoms with E-state index in [0.717, 1.165) is 24.6 Å². The van der Waals surface area contributed by atoms with Crippen LogP contribution in [0.2, 0.25) is 5.28 Å². The van der Waals surface area contributed by atoms with Crippen molar-refractivity contribution in [2.75, 3.05) is 29.9 Å². The van der Waals surface area contributed by atoms with Crippen molar-refractivity contribution in [1.29, 1.82) is 0 Å². The lowest BCUT2D eigenvalue weighted by molar-refractivity contribution is 0.480. The molecule has 0 aromatic carbocycles. The minimum absolute atomic E-state index is 0.198. The van der Waals surface area contributed by atoms with Crippen molar-refractivity contribution >= 4 is 23.5 Å². The van der Waals surface area contributed by atoms with Gasteiger partial charge in [0.15, 0.2) is 0 Å². The second kappa shape index (κ2) is 6.76. The molecule has 2 rings (SSSR count). The number of nitrogens with zero attached hydrogens (tertiary/aromatic N) is 5. The highest BCUT2D eigenvalue weighted by Crippen LogP contribution is 2.18. The van der Waals surface area contributed by atoms with Gasteiger partial charge in [0.05, 0.1) is 6.54 Å². The zero-order valence-electron chi connectivity index (χ0n) is 12.8. The lowest BCUT2D eigenvalue weighted by Gasteiger charge is -2.21. The number of anilines is 2. The molecule has 2 aromatic rings. The standard InChI is InChI=1S/C14H20ClN5O/c1-5-20(6-2)14-17-12(15)16-13(18-14)19(4)9-11-8-7-10(3)21-11/h7-8H,5-6,9H2,1-4H3. The molecule has 0 aliphatic carbocycles. The molecule has 6 nitrogen and oxygen atoms in total. The molecular formula is C14H20ClN5O. The largest absolute Gasteiger partial charge is 0.464 e. The maximum absolute atomic E-state index is 6.02. The van der Waals surface area contributed by atoms with Crippen molar-refractivity contribution < 1.29 is 4.42 Å². The highest BCUT2D eigenvalue weighted by molar-refractivity contribution is 6.28. The van der Waals surface area contributed by atoms with Gasteiger partial charge in [0.1, 0.15) is 11.5 Å². The molecule has 0 atom stereocenters. The fourth-order valence-electron chi connectivity index (χ4n) is 2.02. The van der Waals surface area contributed by atoms with Crippen LogP contribution >= 0.6 is 11.6 Å². The summed E-state index contributed by atoms with van der Waals surface area (Å²) in [4.78, 5) is 16.8. The summed E-state index contributed by atoms with van der Waals surface area (Å²) in [6, 6.07) is 3.88. The first-order valence-corrected chi connectivity index (χ1v) is 7.34. The van der Waals surface area contributed by atoms with Crippen LogP contribution in [-0.4, -0.2) is 35.1 Å². The van der Waals surface area contributed by atoms with Gasteiger partial charge in [-0.25, -0.2) is 0 Å². The minimum atomic E-state index is 0.198.